The number of unbranched alkanes of at least 4 members (excludes halogenated alkanes) is 1. The van der Waals surface area contributed by atoms with E-state index in [1.807, 2.05) is 24.3 Å². The summed E-state index contributed by atoms with van der Waals surface area (Å²) in [7, 11) is 1.73. The number of methoxy groups -OCH3 is 1. The summed E-state index contributed by atoms with van der Waals surface area (Å²) in [5, 5.41) is 3.02. The molecule has 0 saturated carbocycles. The van der Waals surface area contributed by atoms with Crippen molar-refractivity contribution in [3.8, 4) is 5.75 Å². The number of anilines is 2. The number of para-hydroxylation sites is 2. The van der Waals surface area contributed by atoms with Gasteiger partial charge in [-0.25, -0.2) is 0 Å². The molecule has 0 atom stereocenters. The summed E-state index contributed by atoms with van der Waals surface area (Å²) in [5.41, 5.74) is 3.46. The first-order valence-corrected chi connectivity index (χ1v) is 11.4. The number of amides is 1. The molecule has 0 aliphatic carbocycles. The van der Waals surface area contributed by atoms with E-state index in [4.69, 9.17) is 4.74 Å². The molecule has 5 heteroatoms. The quantitative estimate of drug-likeness (QED) is 0.612. The maximum absolute atomic E-state index is 12.3. The summed E-state index contributed by atoms with van der Waals surface area (Å²) < 4.78 is 5.50. The lowest BCUT2D eigenvalue weighted by atomic mass is 9.87. The lowest BCUT2D eigenvalue weighted by Gasteiger charge is -2.36. The molecule has 1 saturated heterocycles. The normalized spacial score (nSPS) is 15.0. The van der Waals surface area contributed by atoms with E-state index >= 15 is 0 Å². The molecule has 1 aliphatic heterocycles. The van der Waals surface area contributed by atoms with Crippen LogP contribution >= 0.6 is 0 Å². The number of piperazine rings is 1. The van der Waals surface area contributed by atoms with Crippen LogP contribution in [-0.2, 0) is 10.2 Å². The number of rotatable bonds is 8. The third kappa shape index (κ3) is 6.73. The van der Waals surface area contributed by atoms with Gasteiger partial charge in [-0.05, 0) is 54.6 Å². The van der Waals surface area contributed by atoms with Gasteiger partial charge in [0.25, 0.3) is 0 Å². The zero-order valence-corrected chi connectivity index (χ0v) is 19.5. The molecule has 1 aliphatic rings. The van der Waals surface area contributed by atoms with E-state index in [0.717, 1.165) is 57.0 Å². The first-order valence-electron chi connectivity index (χ1n) is 11.4. The van der Waals surface area contributed by atoms with Gasteiger partial charge in [-0.15, -0.1) is 0 Å². The molecule has 1 amide bonds. The van der Waals surface area contributed by atoms with Crippen LogP contribution in [0.25, 0.3) is 0 Å². The van der Waals surface area contributed by atoms with Gasteiger partial charge < -0.3 is 15.0 Å². The first-order chi connectivity index (χ1) is 14.9. The van der Waals surface area contributed by atoms with Crippen molar-refractivity contribution in [2.24, 2.45) is 0 Å². The van der Waals surface area contributed by atoms with E-state index in [0.29, 0.717) is 6.42 Å². The Balaban J connectivity index is 1.34. The molecule has 0 radical (unpaired) electrons. The van der Waals surface area contributed by atoms with Crippen molar-refractivity contribution >= 4 is 17.3 Å². The largest absolute Gasteiger partial charge is 0.495 e. The predicted octanol–water partition coefficient (Wildman–Crippen LogP) is 4.92. The Bertz CT molecular complexity index is 834. The van der Waals surface area contributed by atoms with Gasteiger partial charge in [0.2, 0.25) is 5.91 Å². The Morgan fingerprint density at radius 3 is 2.29 bits per heavy atom. The number of benzene rings is 2. The number of carbonyl (C=O) groups is 1. The fraction of sp³-hybridized carbons (Fsp3) is 0.500. The second kappa shape index (κ2) is 10.7. The molecule has 2 aromatic rings. The van der Waals surface area contributed by atoms with Crippen molar-refractivity contribution in [2.45, 2.75) is 45.4 Å². The minimum Gasteiger partial charge on any atom is -0.495 e. The highest BCUT2D eigenvalue weighted by Gasteiger charge is 2.19. The van der Waals surface area contributed by atoms with Gasteiger partial charge in [0.15, 0.2) is 0 Å². The molecule has 0 spiro atoms. The molecule has 0 aromatic heterocycles. The molecule has 1 N–H and O–H groups in total. The number of hydrogen-bond acceptors (Lipinski definition) is 4. The number of carbonyl (C=O) groups excluding carboxylic acids is 1. The minimum absolute atomic E-state index is 0.101. The maximum Gasteiger partial charge on any atom is 0.224 e. The van der Waals surface area contributed by atoms with Crippen LogP contribution in [0.15, 0.2) is 48.5 Å². The van der Waals surface area contributed by atoms with Crippen LogP contribution in [0.2, 0.25) is 0 Å². The van der Waals surface area contributed by atoms with Crippen LogP contribution in [0.5, 0.6) is 5.75 Å². The molecule has 168 valence electrons. The smallest absolute Gasteiger partial charge is 0.224 e. The molecule has 31 heavy (non-hydrogen) atoms. The van der Waals surface area contributed by atoms with Crippen LogP contribution in [-0.4, -0.2) is 50.6 Å². The number of nitrogens with zero attached hydrogens (tertiary/aromatic N) is 2. The van der Waals surface area contributed by atoms with Crippen LogP contribution < -0.4 is 15.0 Å². The molecule has 2 aromatic carbocycles. The highest BCUT2D eigenvalue weighted by atomic mass is 16.5. The highest BCUT2D eigenvalue weighted by Crippen LogP contribution is 2.28. The first kappa shape index (κ1) is 23.1. The van der Waals surface area contributed by atoms with E-state index in [9.17, 15) is 4.79 Å². The lowest BCUT2D eigenvalue weighted by Crippen LogP contribution is -2.46. The summed E-state index contributed by atoms with van der Waals surface area (Å²) in [6, 6.07) is 16.4. The van der Waals surface area contributed by atoms with E-state index in [2.05, 4.69) is 60.2 Å². The Morgan fingerprint density at radius 1 is 0.968 bits per heavy atom. The average Bonchev–Trinajstić information content (AvgIpc) is 2.77. The molecule has 3 rings (SSSR count). The van der Waals surface area contributed by atoms with E-state index in [1.54, 1.807) is 7.11 Å². The third-order valence-electron chi connectivity index (χ3n) is 5.96. The van der Waals surface area contributed by atoms with Crippen molar-refractivity contribution < 1.29 is 9.53 Å². The minimum atomic E-state index is 0.101. The van der Waals surface area contributed by atoms with Crippen molar-refractivity contribution in [1.29, 1.82) is 0 Å². The Morgan fingerprint density at radius 2 is 1.65 bits per heavy atom. The predicted molar refractivity (Wildman–Crippen MR) is 129 cm³/mol. The number of hydrogen-bond donors (Lipinski definition) is 1. The molecule has 5 nitrogen and oxygen atoms in total. The van der Waals surface area contributed by atoms with Gasteiger partial charge in [0.05, 0.1) is 12.8 Å². The molecular formula is C26H37N3O2. The zero-order chi connectivity index (χ0) is 22.3. The molecule has 1 heterocycles. The van der Waals surface area contributed by atoms with Crippen molar-refractivity contribution in [3.63, 3.8) is 0 Å². The van der Waals surface area contributed by atoms with Gasteiger partial charge in [0.1, 0.15) is 5.75 Å². The fourth-order valence-corrected chi connectivity index (χ4v) is 4.00. The second-order valence-electron chi connectivity index (χ2n) is 9.33. The van der Waals surface area contributed by atoms with Crippen molar-refractivity contribution in [1.82, 2.24) is 4.90 Å². The van der Waals surface area contributed by atoms with Gasteiger partial charge in [-0.1, -0.05) is 45.0 Å². The van der Waals surface area contributed by atoms with Crippen molar-refractivity contribution in [2.75, 3.05) is 50.1 Å². The summed E-state index contributed by atoms with van der Waals surface area (Å²) >= 11 is 0. The molecule has 1 fully saturated rings. The lowest BCUT2D eigenvalue weighted by molar-refractivity contribution is -0.116. The maximum atomic E-state index is 12.3. The van der Waals surface area contributed by atoms with E-state index < -0.39 is 0 Å². The molecule has 0 bridgehead atoms. The van der Waals surface area contributed by atoms with Crippen molar-refractivity contribution in [3.05, 3.63) is 54.1 Å². The summed E-state index contributed by atoms with van der Waals surface area (Å²) in [4.78, 5) is 17.2. The third-order valence-corrected chi connectivity index (χ3v) is 5.96. The van der Waals surface area contributed by atoms with Gasteiger partial charge in [-0.3, -0.25) is 9.69 Å². The topological polar surface area (TPSA) is 44.8 Å². The van der Waals surface area contributed by atoms with E-state index in [-0.39, 0.29) is 11.3 Å². The van der Waals surface area contributed by atoms with Crippen LogP contribution in [0.3, 0.4) is 0 Å². The summed E-state index contributed by atoms with van der Waals surface area (Å²) in [5.74, 6) is 1.04. The Hall–Kier alpha value is -2.53. The fourth-order valence-electron chi connectivity index (χ4n) is 4.00. The van der Waals surface area contributed by atoms with Crippen LogP contribution in [0.4, 0.5) is 11.4 Å². The van der Waals surface area contributed by atoms with E-state index in [1.165, 1.54) is 11.3 Å². The Labute approximate surface area is 187 Å². The SMILES string of the molecule is COc1ccccc1N1CCN(CCCCC(=O)Nc2ccc(C(C)(C)C)cc2)CC1. The van der Waals surface area contributed by atoms with Crippen LogP contribution in [0, 0.1) is 0 Å². The number of ether oxygens (including phenoxy) is 1. The number of nitrogens with one attached hydrogen (secondary N) is 1. The Kier molecular flexibility index (Phi) is 7.97. The standard InChI is InChI=1S/C26H37N3O2/c1-26(2,3)21-12-14-22(15-13-21)27-25(30)11-7-8-16-28-17-19-29(20-18-28)23-9-5-6-10-24(23)31-4/h5-6,9-10,12-15H,7-8,11,16-20H2,1-4H3,(H,27,30). The molecular weight excluding hydrogens is 386 g/mol. The average molecular weight is 424 g/mol. The molecule has 0 unspecified atom stereocenters. The second-order valence-corrected chi connectivity index (χ2v) is 9.33. The van der Waals surface area contributed by atoms with Gasteiger partial charge in [-0.2, -0.15) is 0 Å². The van der Waals surface area contributed by atoms with Gasteiger partial charge >= 0.3 is 0 Å². The summed E-state index contributed by atoms with van der Waals surface area (Å²) in [6.07, 6.45) is 2.53. The summed E-state index contributed by atoms with van der Waals surface area (Å²) in [6.45, 7) is 11.7. The monoisotopic (exact) mass is 423 g/mol. The van der Waals surface area contributed by atoms with Crippen LogP contribution in [0.1, 0.15) is 45.6 Å². The zero-order valence-electron chi connectivity index (χ0n) is 19.5. The highest BCUT2D eigenvalue weighted by molar-refractivity contribution is 5.90. The van der Waals surface area contributed by atoms with Gasteiger partial charge in [0, 0.05) is 38.3 Å².